The topological polar surface area (TPSA) is 48.9 Å². The summed E-state index contributed by atoms with van der Waals surface area (Å²) in [5, 5.41) is 9.19. The average Bonchev–Trinajstić information content (AvgIpc) is 3.49. The van der Waals surface area contributed by atoms with Crippen molar-refractivity contribution in [1.82, 2.24) is 15.5 Å². The highest BCUT2D eigenvalue weighted by atomic mass is 127. The molecule has 1 saturated heterocycles. The van der Waals surface area contributed by atoms with Crippen LogP contribution in [0.3, 0.4) is 0 Å². The molecule has 7 heteroatoms. The first kappa shape index (κ1) is 22.4. The number of rotatable bonds is 7. The number of nitrogens with zero attached hydrogens (tertiary/aromatic N) is 2. The average molecular weight is 526 g/mol. The zero-order valence-electron chi connectivity index (χ0n) is 17.0. The Labute approximate surface area is 195 Å². The van der Waals surface area contributed by atoms with E-state index in [-0.39, 0.29) is 24.0 Å². The van der Waals surface area contributed by atoms with Crippen molar-refractivity contribution >= 4 is 41.3 Å². The predicted molar refractivity (Wildman–Crippen MR) is 132 cm³/mol. The Hall–Kier alpha value is -1.32. The van der Waals surface area contributed by atoms with Crippen molar-refractivity contribution < 1.29 is 4.74 Å². The Morgan fingerprint density at radius 2 is 2.10 bits per heavy atom. The summed E-state index contributed by atoms with van der Waals surface area (Å²) in [5.41, 5.74) is 2.69. The fraction of sp³-hybridized carbons (Fsp3) is 0.500. The summed E-state index contributed by atoms with van der Waals surface area (Å²) in [6.45, 7) is 4.95. The van der Waals surface area contributed by atoms with E-state index in [1.165, 1.54) is 41.9 Å². The van der Waals surface area contributed by atoms with Gasteiger partial charge in [-0.25, -0.2) is 0 Å². The van der Waals surface area contributed by atoms with Crippen LogP contribution in [-0.4, -0.2) is 50.7 Å². The molecule has 158 valence electrons. The largest absolute Gasteiger partial charge is 0.493 e. The minimum Gasteiger partial charge on any atom is -0.493 e. The summed E-state index contributed by atoms with van der Waals surface area (Å²) in [6.07, 6.45) is 4.62. The summed E-state index contributed by atoms with van der Waals surface area (Å²) in [4.78, 5) is 8.45. The number of hydrogen-bond acceptors (Lipinski definition) is 4. The molecule has 2 aliphatic rings. The molecule has 1 aromatic carbocycles. The molecule has 0 saturated carbocycles. The fourth-order valence-electron chi connectivity index (χ4n) is 4.08. The maximum Gasteiger partial charge on any atom is 0.191 e. The second-order valence-corrected chi connectivity index (χ2v) is 8.42. The fourth-order valence-corrected chi connectivity index (χ4v) is 4.94. The van der Waals surface area contributed by atoms with E-state index in [1.54, 1.807) is 0 Å². The van der Waals surface area contributed by atoms with E-state index >= 15 is 0 Å². The second-order valence-electron chi connectivity index (χ2n) is 7.44. The zero-order valence-corrected chi connectivity index (χ0v) is 20.2. The molecular formula is C22H31IN4OS. The quantitative estimate of drug-likeness (QED) is 0.327. The van der Waals surface area contributed by atoms with E-state index < -0.39 is 0 Å². The molecule has 0 amide bonds. The minimum atomic E-state index is 0. The Bertz CT molecular complexity index is 790. The highest BCUT2D eigenvalue weighted by Crippen LogP contribution is 2.28. The number of aliphatic imine (C=N–C) groups is 1. The highest BCUT2D eigenvalue weighted by Gasteiger charge is 2.24. The second kappa shape index (κ2) is 11.2. The van der Waals surface area contributed by atoms with E-state index in [0.29, 0.717) is 6.04 Å². The molecule has 2 N–H and O–H groups in total. The molecule has 0 spiro atoms. The van der Waals surface area contributed by atoms with Gasteiger partial charge in [-0.1, -0.05) is 18.2 Å². The molecule has 1 unspecified atom stereocenters. The third-order valence-electron chi connectivity index (χ3n) is 5.60. The molecule has 4 rings (SSSR count). The zero-order chi connectivity index (χ0) is 19.2. The normalized spacial score (nSPS) is 17.3. The number of fused-ring (bicyclic) bond motifs is 1. The van der Waals surface area contributed by atoms with Crippen LogP contribution < -0.4 is 15.4 Å². The molecule has 0 bridgehead atoms. The number of halogens is 1. The van der Waals surface area contributed by atoms with Crippen molar-refractivity contribution in [2.24, 2.45) is 4.99 Å². The van der Waals surface area contributed by atoms with Gasteiger partial charge in [0.1, 0.15) is 5.75 Å². The van der Waals surface area contributed by atoms with Gasteiger partial charge in [0.2, 0.25) is 0 Å². The number of likely N-dealkylation sites (tertiary alicyclic amines) is 1. The van der Waals surface area contributed by atoms with Crippen LogP contribution in [-0.2, 0) is 12.8 Å². The molecule has 29 heavy (non-hydrogen) atoms. The Morgan fingerprint density at radius 1 is 1.24 bits per heavy atom. The van der Waals surface area contributed by atoms with Gasteiger partial charge < -0.3 is 15.4 Å². The number of ether oxygens (including phenoxy) is 1. The lowest BCUT2D eigenvalue weighted by Crippen LogP contribution is -2.43. The van der Waals surface area contributed by atoms with Crippen LogP contribution in [0.25, 0.3) is 0 Å². The van der Waals surface area contributed by atoms with Gasteiger partial charge in [-0.05, 0) is 61.0 Å². The lowest BCUT2D eigenvalue weighted by Gasteiger charge is -2.27. The molecule has 2 aliphatic heterocycles. The van der Waals surface area contributed by atoms with E-state index in [0.717, 1.165) is 44.2 Å². The Morgan fingerprint density at radius 3 is 2.86 bits per heavy atom. The minimum absolute atomic E-state index is 0. The van der Waals surface area contributed by atoms with Crippen LogP contribution in [0.2, 0.25) is 0 Å². The first-order valence-electron chi connectivity index (χ1n) is 10.3. The summed E-state index contributed by atoms with van der Waals surface area (Å²) in [6, 6.07) is 11.4. The number of thiophene rings is 1. The summed E-state index contributed by atoms with van der Waals surface area (Å²) in [5.74, 6) is 1.93. The maximum atomic E-state index is 5.59. The van der Waals surface area contributed by atoms with E-state index in [1.807, 2.05) is 18.4 Å². The SMILES string of the molecule is CN=C(NCCc1ccc2c(c1)CCO2)NCC(c1cccs1)N1CCCC1.I. The molecule has 1 fully saturated rings. The molecule has 0 aliphatic carbocycles. The van der Waals surface area contributed by atoms with Gasteiger partial charge >= 0.3 is 0 Å². The molecule has 3 heterocycles. The van der Waals surface area contributed by atoms with Crippen molar-refractivity contribution in [2.45, 2.75) is 31.7 Å². The standard InChI is InChI=1S/C22H30N4OS.HI/c1-23-22(24-10-8-17-6-7-20-18(15-17)9-13-27-20)25-16-19(21-5-4-14-28-21)26-11-2-3-12-26;/h4-7,14-15,19H,2-3,8-13,16H2,1H3,(H2,23,24,25);1H. The Balaban J connectivity index is 0.00000240. The molecule has 0 radical (unpaired) electrons. The van der Waals surface area contributed by atoms with E-state index in [9.17, 15) is 0 Å². The van der Waals surface area contributed by atoms with Crippen LogP contribution in [0.15, 0.2) is 40.7 Å². The number of nitrogens with one attached hydrogen (secondary N) is 2. The van der Waals surface area contributed by atoms with Crippen molar-refractivity contribution in [3.05, 3.63) is 51.7 Å². The van der Waals surface area contributed by atoms with Crippen LogP contribution in [0.4, 0.5) is 0 Å². The molecule has 5 nitrogen and oxygen atoms in total. The predicted octanol–water partition coefficient (Wildman–Crippen LogP) is 3.85. The number of benzene rings is 1. The summed E-state index contributed by atoms with van der Waals surface area (Å²) >= 11 is 1.85. The third kappa shape index (κ3) is 5.86. The van der Waals surface area contributed by atoms with Gasteiger partial charge in [0.05, 0.1) is 12.6 Å². The van der Waals surface area contributed by atoms with Gasteiger partial charge in [0, 0.05) is 31.4 Å². The van der Waals surface area contributed by atoms with Crippen molar-refractivity contribution in [1.29, 1.82) is 0 Å². The molecule has 1 atom stereocenters. The highest BCUT2D eigenvalue weighted by molar-refractivity contribution is 14.0. The monoisotopic (exact) mass is 526 g/mol. The van der Waals surface area contributed by atoms with Crippen molar-refractivity contribution in [2.75, 3.05) is 39.8 Å². The molecule has 2 aromatic rings. The van der Waals surface area contributed by atoms with E-state index in [4.69, 9.17) is 4.74 Å². The van der Waals surface area contributed by atoms with Crippen molar-refractivity contribution in [3.8, 4) is 5.75 Å². The lowest BCUT2D eigenvalue weighted by atomic mass is 10.1. The first-order valence-corrected chi connectivity index (χ1v) is 11.2. The van der Waals surface area contributed by atoms with Crippen LogP contribution in [0, 0.1) is 0 Å². The smallest absolute Gasteiger partial charge is 0.191 e. The molecular weight excluding hydrogens is 495 g/mol. The van der Waals surface area contributed by atoms with Crippen LogP contribution in [0.1, 0.15) is 34.9 Å². The first-order chi connectivity index (χ1) is 13.8. The van der Waals surface area contributed by atoms with Gasteiger partial charge in [-0.3, -0.25) is 9.89 Å². The number of hydrogen-bond donors (Lipinski definition) is 2. The Kier molecular flexibility index (Phi) is 8.62. The van der Waals surface area contributed by atoms with Gasteiger partial charge in [-0.2, -0.15) is 0 Å². The van der Waals surface area contributed by atoms with Gasteiger partial charge in [0.15, 0.2) is 5.96 Å². The lowest BCUT2D eigenvalue weighted by molar-refractivity contribution is 0.249. The molecule has 1 aromatic heterocycles. The van der Waals surface area contributed by atoms with Crippen LogP contribution >= 0.6 is 35.3 Å². The maximum absolute atomic E-state index is 5.59. The summed E-state index contributed by atoms with van der Waals surface area (Å²) in [7, 11) is 1.85. The summed E-state index contributed by atoms with van der Waals surface area (Å²) < 4.78 is 5.59. The van der Waals surface area contributed by atoms with Gasteiger partial charge in [-0.15, -0.1) is 35.3 Å². The van der Waals surface area contributed by atoms with Crippen LogP contribution in [0.5, 0.6) is 5.75 Å². The number of guanidine groups is 1. The van der Waals surface area contributed by atoms with Crippen molar-refractivity contribution in [3.63, 3.8) is 0 Å². The van der Waals surface area contributed by atoms with E-state index in [2.05, 4.69) is 56.2 Å². The van der Waals surface area contributed by atoms with Gasteiger partial charge in [0.25, 0.3) is 0 Å². The third-order valence-corrected chi connectivity index (χ3v) is 6.57.